The molecule has 0 aliphatic carbocycles. The number of Topliss-reactive ketones (excluding diaryl/α,β-unsaturated/α-hetero) is 1. The molecular formula is C13H15N3O3. The third-order valence-electron chi connectivity index (χ3n) is 2.77. The number of hydrogen-bond donors (Lipinski definition) is 0. The summed E-state index contributed by atoms with van der Waals surface area (Å²) >= 11 is 0. The van der Waals surface area contributed by atoms with Crippen LogP contribution < -0.4 is 4.90 Å². The number of nitro groups is 1. The van der Waals surface area contributed by atoms with Crippen molar-refractivity contribution in [3.63, 3.8) is 0 Å². The van der Waals surface area contributed by atoms with Crippen LogP contribution >= 0.6 is 0 Å². The van der Waals surface area contributed by atoms with E-state index in [0.717, 1.165) is 0 Å². The van der Waals surface area contributed by atoms with Crippen molar-refractivity contribution in [3.8, 4) is 6.07 Å². The smallest absolute Gasteiger partial charge is 0.280 e. The summed E-state index contributed by atoms with van der Waals surface area (Å²) in [4.78, 5) is 23.5. The number of anilines is 1. The number of nitro benzene ring substituents is 1. The van der Waals surface area contributed by atoms with Crippen molar-refractivity contribution in [1.29, 1.82) is 5.26 Å². The van der Waals surface area contributed by atoms with Crippen LogP contribution in [0.4, 0.5) is 11.4 Å². The SMILES string of the molecule is CC(=O)c1cc(N(C)CC(C)C#N)ccc1[N+](=O)[O-]. The zero-order valence-electron chi connectivity index (χ0n) is 11.1. The lowest BCUT2D eigenvalue weighted by Gasteiger charge is -2.20. The molecule has 1 aromatic carbocycles. The van der Waals surface area contributed by atoms with E-state index in [1.54, 1.807) is 24.9 Å². The second-order valence-electron chi connectivity index (χ2n) is 4.43. The van der Waals surface area contributed by atoms with Gasteiger partial charge in [-0.3, -0.25) is 14.9 Å². The van der Waals surface area contributed by atoms with Gasteiger partial charge in [-0.05, 0) is 26.0 Å². The fraction of sp³-hybridized carbons (Fsp3) is 0.385. The van der Waals surface area contributed by atoms with Gasteiger partial charge in [0.25, 0.3) is 5.69 Å². The predicted octanol–water partition coefficient (Wildman–Crippen LogP) is 2.39. The maximum atomic E-state index is 11.4. The molecule has 0 N–H and O–H groups in total. The molecule has 6 nitrogen and oxygen atoms in total. The van der Waals surface area contributed by atoms with E-state index in [1.165, 1.54) is 19.1 Å². The molecule has 1 atom stereocenters. The van der Waals surface area contributed by atoms with E-state index < -0.39 is 4.92 Å². The van der Waals surface area contributed by atoms with Gasteiger partial charge in [-0.2, -0.15) is 5.26 Å². The van der Waals surface area contributed by atoms with E-state index >= 15 is 0 Å². The van der Waals surface area contributed by atoms with Crippen LogP contribution in [-0.4, -0.2) is 24.3 Å². The molecule has 0 fully saturated rings. The predicted molar refractivity (Wildman–Crippen MR) is 71.1 cm³/mol. The fourth-order valence-corrected chi connectivity index (χ4v) is 1.76. The minimum absolute atomic E-state index is 0.0824. The first kappa shape index (κ1) is 14.6. The van der Waals surface area contributed by atoms with Crippen LogP contribution in [-0.2, 0) is 0 Å². The molecule has 0 bridgehead atoms. The molecule has 100 valence electrons. The van der Waals surface area contributed by atoms with Gasteiger partial charge in [-0.15, -0.1) is 0 Å². The molecule has 0 aliphatic heterocycles. The van der Waals surface area contributed by atoms with Gasteiger partial charge in [0.15, 0.2) is 5.78 Å². The molecule has 1 rings (SSSR count). The Morgan fingerprint density at radius 1 is 1.58 bits per heavy atom. The third-order valence-corrected chi connectivity index (χ3v) is 2.77. The van der Waals surface area contributed by atoms with E-state index in [2.05, 4.69) is 6.07 Å². The molecule has 0 amide bonds. The highest BCUT2D eigenvalue weighted by Crippen LogP contribution is 2.25. The number of nitrogens with zero attached hydrogens (tertiary/aromatic N) is 3. The highest BCUT2D eigenvalue weighted by molar-refractivity contribution is 5.99. The molecule has 6 heteroatoms. The zero-order valence-corrected chi connectivity index (χ0v) is 11.1. The van der Waals surface area contributed by atoms with Gasteiger partial charge in [-0.1, -0.05) is 0 Å². The molecule has 0 radical (unpaired) electrons. The summed E-state index contributed by atoms with van der Waals surface area (Å²) in [5.41, 5.74) is 0.565. The van der Waals surface area contributed by atoms with E-state index in [0.29, 0.717) is 12.2 Å². The minimum atomic E-state index is -0.571. The van der Waals surface area contributed by atoms with Crippen molar-refractivity contribution >= 4 is 17.2 Å². The lowest BCUT2D eigenvalue weighted by molar-refractivity contribution is -0.385. The maximum absolute atomic E-state index is 11.4. The van der Waals surface area contributed by atoms with Gasteiger partial charge in [0.05, 0.1) is 22.5 Å². The van der Waals surface area contributed by atoms with Crippen molar-refractivity contribution in [1.82, 2.24) is 0 Å². The Bertz CT molecular complexity index is 549. The molecule has 0 saturated carbocycles. The first-order chi connectivity index (χ1) is 8.86. The molecule has 0 spiro atoms. The average Bonchev–Trinajstić information content (AvgIpc) is 2.37. The van der Waals surface area contributed by atoms with Crippen molar-refractivity contribution in [2.24, 2.45) is 5.92 Å². The van der Waals surface area contributed by atoms with Crippen LogP contribution in [0.15, 0.2) is 18.2 Å². The second-order valence-corrected chi connectivity index (χ2v) is 4.43. The van der Waals surface area contributed by atoms with Gasteiger partial charge in [0, 0.05) is 25.3 Å². The van der Waals surface area contributed by atoms with Crippen molar-refractivity contribution < 1.29 is 9.72 Å². The average molecular weight is 261 g/mol. The van der Waals surface area contributed by atoms with E-state index in [-0.39, 0.29) is 23.0 Å². The Balaban J connectivity index is 3.12. The van der Waals surface area contributed by atoms with Gasteiger partial charge >= 0.3 is 0 Å². The number of hydrogen-bond acceptors (Lipinski definition) is 5. The Labute approximate surface area is 111 Å². The zero-order chi connectivity index (χ0) is 14.6. The van der Waals surface area contributed by atoms with Gasteiger partial charge in [0.1, 0.15) is 0 Å². The van der Waals surface area contributed by atoms with Crippen LogP contribution in [0.5, 0.6) is 0 Å². The minimum Gasteiger partial charge on any atom is -0.373 e. The number of rotatable bonds is 5. The summed E-state index contributed by atoms with van der Waals surface area (Å²) in [5.74, 6) is -0.517. The van der Waals surface area contributed by atoms with Gasteiger partial charge < -0.3 is 4.90 Å². The second kappa shape index (κ2) is 5.96. The molecule has 19 heavy (non-hydrogen) atoms. The third kappa shape index (κ3) is 3.52. The molecule has 0 heterocycles. The summed E-state index contributed by atoms with van der Waals surface area (Å²) in [6.45, 7) is 3.57. The number of carbonyl (C=O) groups excluding carboxylic acids is 1. The Kier molecular flexibility index (Phi) is 4.59. The number of benzene rings is 1. The Morgan fingerprint density at radius 3 is 2.68 bits per heavy atom. The lowest BCUT2D eigenvalue weighted by Crippen LogP contribution is -2.23. The van der Waals surface area contributed by atoms with Gasteiger partial charge in [0.2, 0.25) is 0 Å². The normalized spacial score (nSPS) is 11.5. The standard InChI is InChI=1S/C13H15N3O3/c1-9(7-14)8-15(3)11-4-5-13(16(18)19)12(6-11)10(2)17/h4-6,9H,8H2,1-3H3. The van der Waals surface area contributed by atoms with Crippen LogP contribution in [0.3, 0.4) is 0 Å². The molecule has 0 saturated heterocycles. The quantitative estimate of drug-likeness (QED) is 0.461. The summed E-state index contributed by atoms with van der Waals surface area (Å²) in [5, 5.41) is 19.6. The first-order valence-corrected chi connectivity index (χ1v) is 5.77. The lowest BCUT2D eigenvalue weighted by atomic mass is 10.1. The molecule has 1 aromatic rings. The Morgan fingerprint density at radius 2 is 2.21 bits per heavy atom. The van der Waals surface area contributed by atoms with Crippen LogP contribution in [0.2, 0.25) is 0 Å². The molecule has 0 aromatic heterocycles. The van der Waals surface area contributed by atoms with Crippen molar-refractivity contribution in [2.75, 3.05) is 18.5 Å². The molecule has 1 unspecified atom stereocenters. The van der Waals surface area contributed by atoms with Crippen molar-refractivity contribution in [3.05, 3.63) is 33.9 Å². The van der Waals surface area contributed by atoms with E-state index in [9.17, 15) is 14.9 Å². The number of nitriles is 1. The van der Waals surface area contributed by atoms with Crippen molar-refractivity contribution in [2.45, 2.75) is 13.8 Å². The Hall–Kier alpha value is -2.42. The topological polar surface area (TPSA) is 87.2 Å². The highest BCUT2D eigenvalue weighted by atomic mass is 16.6. The largest absolute Gasteiger partial charge is 0.373 e. The maximum Gasteiger partial charge on any atom is 0.280 e. The summed E-state index contributed by atoms with van der Waals surface area (Å²) in [6, 6.07) is 6.50. The summed E-state index contributed by atoms with van der Waals surface area (Å²) < 4.78 is 0. The monoisotopic (exact) mass is 261 g/mol. The van der Waals surface area contributed by atoms with E-state index in [4.69, 9.17) is 5.26 Å². The van der Waals surface area contributed by atoms with Crippen LogP contribution in [0.1, 0.15) is 24.2 Å². The molecular weight excluding hydrogens is 246 g/mol. The van der Waals surface area contributed by atoms with Crippen LogP contribution in [0.25, 0.3) is 0 Å². The van der Waals surface area contributed by atoms with Crippen LogP contribution in [0, 0.1) is 27.4 Å². The fourth-order valence-electron chi connectivity index (χ4n) is 1.76. The first-order valence-electron chi connectivity index (χ1n) is 5.77. The summed E-state index contributed by atoms with van der Waals surface area (Å²) in [7, 11) is 1.78. The van der Waals surface area contributed by atoms with Gasteiger partial charge in [-0.25, -0.2) is 0 Å². The summed E-state index contributed by atoms with van der Waals surface area (Å²) in [6.07, 6.45) is 0. The number of ketones is 1. The molecule has 0 aliphatic rings. The van der Waals surface area contributed by atoms with E-state index in [1.807, 2.05) is 0 Å². The number of carbonyl (C=O) groups is 1. The highest BCUT2D eigenvalue weighted by Gasteiger charge is 2.19.